The van der Waals surface area contributed by atoms with Crippen LogP contribution in [0.3, 0.4) is 0 Å². The Bertz CT molecular complexity index is 1110. The van der Waals surface area contributed by atoms with Crippen molar-refractivity contribution in [3.05, 3.63) is 46.7 Å². The molecule has 0 aliphatic rings. The molecule has 1 aromatic heterocycles. The van der Waals surface area contributed by atoms with Gasteiger partial charge < -0.3 is 9.47 Å². The van der Waals surface area contributed by atoms with Gasteiger partial charge in [0.05, 0.1) is 22.7 Å². The zero-order valence-electron chi connectivity index (χ0n) is 18.0. The number of carbonyl (C=O) groups excluding carboxylic acids is 1. The Morgan fingerprint density at radius 2 is 1.94 bits per heavy atom. The maximum absolute atomic E-state index is 14.3. The van der Waals surface area contributed by atoms with E-state index in [4.69, 9.17) is 21.1 Å². The van der Waals surface area contributed by atoms with Gasteiger partial charge in [0.1, 0.15) is 17.3 Å². The predicted molar refractivity (Wildman–Crippen MR) is 114 cm³/mol. The van der Waals surface area contributed by atoms with E-state index in [1.54, 1.807) is 6.92 Å². The van der Waals surface area contributed by atoms with Crippen LogP contribution < -0.4 is 4.74 Å². The van der Waals surface area contributed by atoms with Gasteiger partial charge >= 0.3 is 12.1 Å². The van der Waals surface area contributed by atoms with Crippen LogP contribution in [-0.2, 0) is 15.7 Å². The summed E-state index contributed by atoms with van der Waals surface area (Å²) in [4.78, 5) is 12.4. The van der Waals surface area contributed by atoms with Gasteiger partial charge in [0.15, 0.2) is 11.6 Å². The average Bonchev–Trinajstić information content (AvgIpc) is 3.17. The minimum Gasteiger partial charge on any atom is -0.464 e. The van der Waals surface area contributed by atoms with Gasteiger partial charge in [0.25, 0.3) is 0 Å². The summed E-state index contributed by atoms with van der Waals surface area (Å²) < 4.78 is 64.9. The number of alkyl halides is 3. The van der Waals surface area contributed by atoms with Crippen LogP contribution in [0.15, 0.2) is 30.3 Å². The molecule has 0 saturated heterocycles. The van der Waals surface area contributed by atoms with Crippen molar-refractivity contribution in [2.75, 3.05) is 6.61 Å². The largest absolute Gasteiger partial charge is 0.464 e. The van der Waals surface area contributed by atoms with Crippen LogP contribution in [0.25, 0.3) is 11.0 Å². The summed E-state index contributed by atoms with van der Waals surface area (Å²) >= 11 is 5.84. The molecule has 0 spiro atoms. The highest BCUT2D eigenvalue weighted by molar-refractivity contribution is 6.32. The van der Waals surface area contributed by atoms with Crippen molar-refractivity contribution in [3.63, 3.8) is 0 Å². The van der Waals surface area contributed by atoms with Gasteiger partial charge in [-0.1, -0.05) is 43.0 Å². The normalized spacial score (nSPS) is 12.7. The number of esters is 1. The second-order valence-corrected chi connectivity index (χ2v) is 7.86. The van der Waals surface area contributed by atoms with Crippen molar-refractivity contribution in [2.24, 2.45) is 0 Å². The third-order valence-electron chi connectivity index (χ3n) is 4.94. The van der Waals surface area contributed by atoms with Crippen molar-refractivity contribution < 1.29 is 31.8 Å². The number of nitrogens with zero attached hydrogens (tertiary/aromatic N) is 3. The summed E-state index contributed by atoms with van der Waals surface area (Å²) in [5.74, 6) is -2.22. The maximum atomic E-state index is 14.3. The number of rotatable bonds is 9. The van der Waals surface area contributed by atoms with E-state index in [0.717, 1.165) is 25.7 Å². The Morgan fingerprint density at radius 1 is 1.18 bits per heavy atom. The Morgan fingerprint density at radius 3 is 2.61 bits per heavy atom. The molecule has 178 valence electrons. The van der Waals surface area contributed by atoms with E-state index < -0.39 is 40.3 Å². The molecule has 0 saturated carbocycles. The van der Waals surface area contributed by atoms with E-state index in [1.165, 1.54) is 22.9 Å². The highest BCUT2D eigenvalue weighted by Gasteiger charge is 2.32. The molecule has 3 aromatic rings. The molecule has 0 amide bonds. The molecule has 0 aliphatic carbocycles. The number of aromatic nitrogens is 3. The standard InChI is InChI=1S/C22H22ClF4N3O3/c1-3-4-5-6-9-32-21(31)13(2)30-19-12-15(7-8-18(19)28-29-30)33-20-16(23)10-14(11-17(20)24)22(25,26)27/h7-8,10-13H,3-6,9H2,1-2H3. The summed E-state index contributed by atoms with van der Waals surface area (Å²) in [6.45, 7) is 3.99. The summed E-state index contributed by atoms with van der Waals surface area (Å²) in [7, 11) is 0. The molecule has 11 heteroatoms. The minimum atomic E-state index is -4.75. The van der Waals surface area contributed by atoms with Crippen molar-refractivity contribution in [1.29, 1.82) is 0 Å². The summed E-state index contributed by atoms with van der Waals surface area (Å²) in [5, 5.41) is 7.44. The molecule has 0 N–H and O–H groups in total. The first-order valence-electron chi connectivity index (χ1n) is 10.4. The molecule has 1 atom stereocenters. The molecule has 1 unspecified atom stereocenters. The van der Waals surface area contributed by atoms with Gasteiger partial charge in [-0.15, -0.1) is 5.10 Å². The van der Waals surface area contributed by atoms with Gasteiger partial charge in [-0.25, -0.2) is 13.9 Å². The first-order valence-corrected chi connectivity index (χ1v) is 10.7. The molecule has 2 aromatic carbocycles. The lowest BCUT2D eigenvalue weighted by Crippen LogP contribution is -2.20. The van der Waals surface area contributed by atoms with Gasteiger partial charge in [0.2, 0.25) is 0 Å². The van der Waals surface area contributed by atoms with Crippen LogP contribution in [0, 0.1) is 5.82 Å². The Labute approximate surface area is 192 Å². The number of unbranched alkanes of at least 4 members (excludes halogenated alkanes) is 3. The quantitative estimate of drug-likeness (QED) is 0.190. The zero-order valence-corrected chi connectivity index (χ0v) is 18.7. The molecule has 0 fully saturated rings. The maximum Gasteiger partial charge on any atom is 0.416 e. The number of hydrogen-bond acceptors (Lipinski definition) is 5. The first kappa shape index (κ1) is 24.8. The summed E-state index contributed by atoms with van der Waals surface area (Å²) in [6, 6.07) is 4.50. The van der Waals surface area contributed by atoms with Crippen LogP contribution in [0.2, 0.25) is 5.02 Å². The Hall–Kier alpha value is -2.88. The zero-order chi connectivity index (χ0) is 24.2. The van der Waals surface area contributed by atoms with Crippen LogP contribution in [-0.4, -0.2) is 27.6 Å². The van der Waals surface area contributed by atoms with E-state index in [-0.39, 0.29) is 5.75 Å². The molecule has 6 nitrogen and oxygen atoms in total. The fourth-order valence-corrected chi connectivity index (χ4v) is 3.37. The SMILES string of the molecule is CCCCCCOC(=O)C(C)n1nnc2ccc(Oc3c(F)cc(C(F)(F)F)cc3Cl)cc21. The fourth-order valence-electron chi connectivity index (χ4n) is 3.13. The number of carbonyl (C=O) groups is 1. The Balaban J connectivity index is 1.79. The highest BCUT2D eigenvalue weighted by Crippen LogP contribution is 2.39. The molecule has 0 bridgehead atoms. The number of halogens is 5. The third kappa shape index (κ3) is 5.93. The molecule has 0 aliphatic heterocycles. The first-order chi connectivity index (χ1) is 15.6. The van der Waals surface area contributed by atoms with Gasteiger partial charge in [-0.2, -0.15) is 13.2 Å². The molecule has 3 rings (SSSR count). The summed E-state index contributed by atoms with van der Waals surface area (Å²) in [5.41, 5.74) is -0.396. The number of ether oxygens (including phenoxy) is 2. The van der Waals surface area contributed by atoms with Gasteiger partial charge in [-0.05, 0) is 37.6 Å². The van der Waals surface area contributed by atoms with E-state index in [1.807, 2.05) is 0 Å². The van der Waals surface area contributed by atoms with Crippen molar-refractivity contribution in [3.8, 4) is 11.5 Å². The smallest absolute Gasteiger partial charge is 0.416 e. The fraction of sp³-hybridized carbons (Fsp3) is 0.409. The molecule has 1 heterocycles. The third-order valence-corrected chi connectivity index (χ3v) is 5.22. The second-order valence-electron chi connectivity index (χ2n) is 7.46. The molecule has 0 radical (unpaired) electrons. The van der Waals surface area contributed by atoms with Crippen molar-refractivity contribution in [1.82, 2.24) is 15.0 Å². The molecular weight excluding hydrogens is 466 g/mol. The van der Waals surface area contributed by atoms with E-state index in [2.05, 4.69) is 17.2 Å². The predicted octanol–water partition coefficient (Wildman–Crippen LogP) is 6.72. The molecular formula is C22H22ClF4N3O3. The van der Waals surface area contributed by atoms with Crippen LogP contribution in [0.5, 0.6) is 11.5 Å². The average molecular weight is 488 g/mol. The van der Waals surface area contributed by atoms with Crippen molar-refractivity contribution >= 4 is 28.6 Å². The highest BCUT2D eigenvalue weighted by atomic mass is 35.5. The van der Waals surface area contributed by atoms with E-state index in [0.29, 0.717) is 29.8 Å². The summed E-state index contributed by atoms with van der Waals surface area (Å²) in [6.07, 6.45) is -0.884. The number of benzene rings is 2. The van der Waals surface area contributed by atoms with Crippen LogP contribution in [0.4, 0.5) is 17.6 Å². The number of hydrogen-bond donors (Lipinski definition) is 0. The second kappa shape index (κ2) is 10.4. The van der Waals surface area contributed by atoms with Gasteiger partial charge in [-0.3, -0.25) is 0 Å². The van der Waals surface area contributed by atoms with E-state index in [9.17, 15) is 22.4 Å². The van der Waals surface area contributed by atoms with E-state index >= 15 is 0 Å². The number of fused-ring (bicyclic) bond motifs is 1. The lowest BCUT2D eigenvalue weighted by Gasteiger charge is -2.14. The van der Waals surface area contributed by atoms with Crippen LogP contribution in [0.1, 0.15) is 51.1 Å². The lowest BCUT2D eigenvalue weighted by atomic mass is 10.2. The van der Waals surface area contributed by atoms with Gasteiger partial charge in [0, 0.05) is 6.07 Å². The Kier molecular flexibility index (Phi) is 7.78. The monoisotopic (exact) mass is 487 g/mol. The van der Waals surface area contributed by atoms with Crippen molar-refractivity contribution in [2.45, 2.75) is 51.7 Å². The lowest BCUT2D eigenvalue weighted by molar-refractivity contribution is -0.147. The molecule has 33 heavy (non-hydrogen) atoms. The van der Waals surface area contributed by atoms with Crippen LogP contribution >= 0.6 is 11.6 Å². The minimum absolute atomic E-state index is 0.0757. The topological polar surface area (TPSA) is 66.2 Å².